The number of nitrogens with zero attached hydrogens (tertiary/aromatic N) is 4. The van der Waals surface area contributed by atoms with E-state index in [0.717, 1.165) is 26.9 Å². The molecule has 3 aromatic rings. The van der Waals surface area contributed by atoms with Crippen molar-refractivity contribution in [3.05, 3.63) is 51.7 Å². The second-order valence-corrected chi connectivity index (χ2v) is 11.9. The predicted octanol–water partition coefficient (Wildman–Crippen LogP) is 5.03. The van der Waals surface area contributed by atoms with Crippen molar-refractivity contribution in [2.45, 2.75) is 43.9 Å². The van der Waals surface area contributed by atoms with Crippen molar-refractivity contribution in [2.75, 3.05) is 43.9 Å². The Labute approximate surface area is 229 Å². The van der Waals surface area contributed by atoms with Crippen molar-refractivity contribution in [3.63, 3.8) is 0 Å². The maximum absolute atomic E-state index is 13.7. The summed E-state index contributed by atoms with van der Waals surface area (Å²) >= 11 is 8.47. The van der Waals surface area contributed by atoms with Gasteiger partial charge >= 0.3 is 11.8 Å². The van der Waals surface area contributed by atoms with Crippen LogP contribution in [-0.2, 0) is 16.0 Å². The van der Waals surface area contributed by atoms with Crippen molar-refractivity contribution in [1.82, 2.24) is 14.5 Å². The smallest absolute Gasteiger partial charge is 0.410 e. The molecule has 1 aromatic heterocycles. The van der Waals surface area contributed by atoms with Gasteiger partial charge in [-0.05, 0) is 44.5 Å². The topological polar surface area (TPSA) is 76.9 Å². The van der Waals surface area contributed by atoms with Crippen LogP contribution in [0.15, 0.2) is 40.0 Å². The molecule has 0 N–H and O–H groups in total. The third kappa shape index (κ3) is 5.21. The molecule has 0 radical (unpaired) electrons. The number of ether oxygens (including phenoxy) is 2. The number of anilines is 1. The minimum atomic E-state index is -0.574. The Bertz CT molecular complexity index is 1430. The first-order chi connectivity index (χ1) is 18.1. The Morgan fingerprint density at radius 3 is 2.47 bits per heavy atom. The third-order valence-corrected chi connectivity index (χ3v) is 8.17. The maximum Gasteiger partial charge on any atom is 0.410 e. The van der Waals surface area contributed by atoms with Crippen molar-refractivity contribution >= 4 is 46.2 Å². The van der Waals surface area contributed by atoms with Gasteiger partial charge in [0.2, 0.25) is 0 Å². The molecule has 38 heavy (non-hydrogen) atoms. The lowest BCUT2D eigenvalue weighted by molar-refractivity contribution is 0.0240. The number of benzene rings is 2. The average Bonchev–Trinajstić information content (AvgIpc) is 3.07. The zero-order valence-corrected chi connectivity index (χ0v) is 23.4. The van der Waals surface area contributed by atoms with Gasteiger partial charge in [-0.25, -0.2) is 14.0 Å². The molecule has 2 aliphatic heterocycles. The lowest BCUT2D eigenvalue weighted by atomic mass is 10.0. The summed E-state index contributed by atoms with van der Waals surface area (Å²) in [7, 11) is 1.63. The highest BCUT2D eigenvalue weighted by Crippen LogP contribution is 2.45. The third-order valence-electron chi connectivity index (χ3n) is 6.65. The van der Waals surface area contributed by atoms with Gasteiger partial charge in [-0.3, -0.25) is 4.57 Å². The first-order valence-electron chi connectivity index (χ1n) is 12.5. The molecule has 1 fully saturated rings. The molecule has 2 aliphatic rings. The Morgan fingerprint density at radius 2 is 1.84 bits per heavy atom. The monoisotopic (exact) mass is 560 g/mol. The van der Waals surface area contributed by atoms with Crippen LogP contribution >= 0.6 is 23.4 Å². The number of aromatic nitrogens is 2. The highest BCUT2D eigenvalue weighted by atomic mass is 35.5. The van der Waals surface area contributed by atoms with Crippen LogP contribution in [0, 0.1) is 5.82 Å². The molecule has 202 valence electrons. The van der Waals surface area contributed by atoms with Crippen molar-refractivity contribution in [2.24, 2.45) is 0 Å². The molecular weight excluding hydrogens is 531 g/mol. The zero-order valence-electron chi connectivity index (χ0n) is 21.8. The summed E-state index contributed by atoms with van der Waals surface area (Å²) in [4.78, 5) is 35.0. The lowest BCUT2D eigenvalue weighted by Crippen LogP contribution is -2.50. The van der Waals surface area contributed by atoms with Crippen LogP contribution in [0.2, 0.25) is 5.02 Å². The number of carbonyl (C=O) groups excluding carboxylic acids is 1. The molecule has 8 nitrogen and oxygen atoms in total. The van der Waals surface area contributed by atoms with Gasteiger partial charge in [0, 0.05) is 54.9 Å². The fraction of sp³-hybridized carbons (Fsp3) is 0.444. The number of carbonyl (C=O) groups is 1. The molecule has 0 aliphatic carbocycles. The van der Waals surface area contributed by atoms with E-state index in [-0.39, 0.29) is 23.7 Å². The van der Waals surface area contributed by atoms with E-state index in [1.165, 1.54) is 12.1 Å². The van der Waals surface area contributed by atoms with E-state index < -0.39 is 5.60 Å². The number of halogens is 2. The average molecular weight is 561 g/mol. The number of hydrogen-bond acceptors (Lipinski definition) is 7. The Hall–Kier alpha value is -2.82. The summed E-state index contributed by atoms with van der Waals surface area (Å²) in [5.41, 5.74) is 1.31. The van der Waals surface area contributed by atoms with Crippen LogP contribution in [0.5, 0.6) is 0 Å². The zero-order chi connectivity index (χ0) is 27.2. The SMILES string of the molecule is COC1CSc2c(-c3ccc(F)cc3)c(Cl)cc3c(N4CCN(C(=O)OC(C)(C)C)CC4)nc(=O)n(c23)C1. The fourth-order valence-electron chi connectivity index (χ4n) is 4.80. The molecule has 0 spiro atoms. The first kappa shape index (κ1) is 26.8. The normalized spacial score (nSPS) is 18.0. The largest absolute Gasteiger partial charge is 0.444 e. The van der Waals surface area contributed by atoms with Crippen LogP contribution in [-0.4, -0.2) is 71.3 Å². The second kappa shape index (κ2) is 10.4. The van der Waals surface area contributed by atoms with Crippen LogP contribution in [0.1, 0.15) is 20.8 Å². The van der Waals surface area contributed by atoms with Gasteiger partial charge in [0.25, 0.3) is 0 Å². The number of piperazine rings is 1. The van der Waals surface area contributed by atoms with E-state index in [9.17, 15) is 14.0 Å². The van der Waals surface area contributed by atoms with Crippen LogP contribution < -0.4 is 10.6 Å². The number of thioether (sulfide) groups is 1. The summed E-state index contributed by atoms with van der Waals surface area (Å²) in [5, 5.41) is 1.24. The molecule has 1 atom stereocenters. The molecule has 11 heteroatoms. The molecule has 0 saturated carbocycles. The second-order valence-electron chi connectivity index (χ2n) is 10.4. The Morgan fingerprint density at radius 1 is 1.16 bits per heavy atom. The van der Waals surface area contributed by atoms with Crippen molar-refractivity contribution in [3.8, 4) is 11.1 Å². The molecule has 5 rings (SSSR count). The fourth-order valence-corrected chi connectivity index (χ4v) is 6.49. The van der Waals surface area contributed by atoms with E-state index in [2.05, 4.69) is 4.98 Å². The number of hydrogen-bond donors (Lipinski definition) is 0. The van der Waals surface area contributed by atoms with Crippen molar-refractivity contribution < 1.29 is 18.7 Å². The van der Waals surface area contributed by atoms with E-state index in [1.54, 1.807) is 40.5 Å². The lowest BCUT2D eigenvalue weighted by Gasteiger charge is -2.36. The van der Waals surface area contributed by atoms with Gasteiger partial charge in [-0.15, -0.1) is 11.8 Å². The Kier molecular flexibility index (Phi) is 7.32. The van der Waals surface area contributed by atoms with Gasteiger partial charge in [0.1, 0.15) is 17.2 Å². The molecular formula is C27H30ClFN4O4S. The van der Waals surface area contributed by atoms with Crippen LogP contribution in [0.4, 0.5) is 15.0 Å². The highest BCUT2D eigenvalue weighted by molar-refractivity contribution is 7.99. The molecule has 2 aromatic carbocycles. The minimum Gasteiger partial charge on any atom is -0.444 e. The molecule has 1 saturated heterocycles. The first-order valence-corrected chi connectivity index (χ1v) is 13.8. The van der Waals surface area contributed by atoms with Gasteiger partial charge in [-0.2, -0.15) is 4.98 Å². The van der Waals surface area contributed by atoms with Gasteiger partial charge < -0.3 is 19.3 Å². The van der Waals surface area contributed by atoms with E-state index in [1.807, 2.05) is 31.7 Å². The Balaban J connectivity index is 1.60. The van der Waals surface area contributed by atoms with Crippen LogP contribution in [0.3, 0.4) is 0 Å². The number of methoxy groups -OCH3 is 1. The predicted molar refractivity (Wildman–Crippen MR) is 148 cm³/mol. The van der Waals surface area contributed by atoms with Crippen LogP contribution in [0.25, 0.3) is 22.0 Å². The molecule has 1 amide bonds. The van der Waals surface area contributed by atoms with Gasteiger partial charge in [0.05, 0.1) is 23.2 Å². The van der Waals surface area contributed by atoms with E-state index in [0.29, 0.717) is 49.3 Å². The quantitative estimate of drug-likeness (QED) is 0.444. The van der Waals surface area contributed by atoms with Gasteiger partial charge in [-0.1, -0.05) is 23.7 Å². The number of amides is 1. The molecule has 1 unspecified atom stereocenters. The minimum absolute atomic E-state index is 0.196. The number of rotatable bonds is 3. The highest BCUT2D eigenvalue weighted by Gasteiger charge is 2.30. The summed E-state index contributed by atoms with van der Waals surface area (Å²) in [5.74, 6) is 0.818. The summed E-state index contributed by atoms with van der Waals surface area (Å²) in [6.07, 6.45) is -0.550. The van der Waals surface area contributed by atoms with Crippen molar-refractivity contribution in [1.29, 1.82) is 0 Å². The molecule has 3 heterocycles. The van der Waals surface area contributed by atoms with E-state index in [4.69, 9.17) is 21.1 Å². The summed E-state index contributed by atoms with van der Waals surface area (Å²) in [6, 6.07) is 8.02. The molecule has 0 bridgehead atoms. The summed E-state index contributed by atoms with van der Waals surface area (Å²) < 4.78 is 26.5. The van der Waals surface area contributed by atoms with E-state index >= 15 is 0 Å². The van der Waals surface area contributed by atoms with Gasteiger partial charge in [0.15, 0.2) is 0 Å². The standard InChI is InChI=1S/C27H30ClFN4O4S/c1-27(2,3)37-26(35)32-11-9-31(10-12-32)24-19-13-20(28)21(16-5-7-17(29)8-6-16)23-22(19)33(25(34)30-24)14-18(36-4)15-38-23/h5-8,13,18H,9-12,14-15H2,1-4H3. The maximum atomic E-state index is 13.7. The summed E-state index contributed by atoms with van der Waals surface area (Å²) in [6.45, 7) is 7.74.